The molecule has 26 heavy (non-hydrogen) atoms. The fraction of sp³-hybridized carbons (Fsp3) is 0.111. The fourth-order valence-corrected chi connectivity index (χ4v) is 3.38. The van der Waals surface area contributed by atoms with Crippen molar-refractivity contribution in [2.75, 3.05) is 5.32 Å². The van der Waals surface area contributed by atoms with E-state index in [2.05, 4.69) is 36.8 Å². The molecule has 0 aromatic heterocycles. The van der Waals surface area contributed by atoms with E-state index in [9.17, 15) is 9.59 Å². The van der Waals surface area contributed by atoms with Crippen molar-refractivity contribution in [2.45, 2.75) is 11.7 Å². The number of nitrogens with one attached hydrogen (secondary N) is 2. The molecule has 1 saturated heterocycles. The largest absolute Gasteiger partial charge is 0.326 e. The highest BCUT2D eigenvalue weighted by molar-refractivity contribution is 9.10. The minimum absolute atomic E-state index is 0.0635. The predicted octanol–water partition coefficient (Wildman–Crippen LogP) is 3.40. The summed E-state index contributed by atoms with van der Waals surface area (Å²) in [6.07, 6.45) is 1.67. The van der Waals surface area contributed by atoms with E-state index in [1.807, 2.05) is 42.5 Å². The fourth-order valence-electron chi connectivity index (χ4n) is 2.19. The van der Waals surface area contributed by atoms with Crippen molar-refractivity contribution in [1.82, 2.24) is 5.32 Å². The van der Waals surface area contributed by atoms with Gasteiger partial charge < -0.3 is 10.6 Å². The number of rotatable bonds is 5. The van der Waals surface area contributed by atoms with Crippen molar-refractivity contribution >= 4 is 56.6 Å². The van der Waals surface area contributed by atoms with Gasteiger partial charge in [0.05, 0.1) is 6.21 Å². The number of nitrogens with zero attached hydrogens (tertiary/aromatic N) is 2. The molecule has 0 saturated carbocycles. The van der Waals surface area contributed by atoms with E-state index >= 15 is 0 Å². The molecule has 1 aliphatic rings. The predicted molar refractivity (Wildman–Crippen MR) is 108 cm³/mol. The Balaban J connectivity index is 1.54. The van der Waals surface area contributed by atoms with Gasteiger partial charge in [-0.1, -0.05) is 58.0 Å². The summed E-state index contributed by atoms with van der Waals surface area (Å²) >= 11 is 4.54. The molecule has 3 rings (SSSR count). The number of benzene rings is 2. The van der Waals surface area contributed by atoms with Gasteiger partial charge in [0.15, 0.2) is 5.17 Å². The van der Waals surface area contributed by atoms with Gasteiger partial charge in [-0.25, -0.2) is 0 Å². The second-order valence-corrected chi connectivity index (χ2v) is 7.52. The van der Waals surface area contributed by atoms with Crippen LogP contribution in [0.4, 0.5) is 5.69 Å². The van der Waals surface area contributed by atoms with Crippen LogP contribution in [-0.2, 0) is 9.59 Å². The van der Waals surface area contributed by atoms with Gasteiger partial charge in [0.2, 0.25) is 11.8 Å². The summed E-state index contributed by atoms with van der Waals surface area (Å²) in [6.45, 7) is 0. The number of hydrogen-bond acceptors (Lipinski definition) is 5. The van der Waals surface area contributed by atoms with Gasteiger partial charge in [0.1, 0.15) is 5.25 Å². The first-order valence-corrected chi connectivity index (χ1v) is 9.46. The zero-order chi connectivity index (χ0) is 18.4. The van der Waals surface area contributed by atoms with Crippen molar-refractivity contribution < 1.29 is 9.59 Å². The van der Waals surface area contributed by atoms with Gasteiger partial charge in [-0.15, -0.1) is 5.10 Å². The molecule has 1 atom stereocenters. The highest BCUT2D eigenvalue weighted by Gasteiger charge is 2.32. The van der Waals surface area contributed by atoms with Crippen LogP contribution >= 0.6 is 27.7 Å². The van der Waals surface area contributed by atoms with Crippen molar-refractivity contribution in [1.29, 1.82) is 0 Å². The Morgan fingerprint density at radius 2 is 1.92 bits per heavy atom. The van der Waals surface area contributed by atoms with Gasteiger partial charge in [-0.2, -0.15) is 5.10 Å². The topological polar surface area (TPSA) is 82.9 Å². The Labute approximate surface area is 163 Å². The second-order valence-electron chi connectivity index (χ2n) is 5.42. The zero-order valence-corrected chi connectivity index (χ0v) is 16.0. The third-order valence-corrected chi connectivity index (χ3v) is 5.03. The highest BCUT2D eigenvalue weighted by atomic mass is 79.9. The highest BCUT2D eigenvalue weighted by Crippen LogP contribution is 2.23. The van der Waals surface area contributed by atoms with E-state index in [4.69, 9.17) is 0 Å². The van der Waals surface area contributed by atoms with Crippen LogP contribution in [0.25, 0.3) is 0 Å². The summed E-state index contributed by atoms with van der Waals surface area (Å²) in [5.41, 5.74) is 1.60. The molecule has 2 amide bonds. The number of anilines is 1. The first-order valence-electron chi connectivity index (χ1n) is 7.79. The molecule has 6 nitrogen and oxygen atoms in total. The second kappa shape index (κ2) is 8.77. The van der Waals surface area contributed by atoms with Crippen LogP contribution in [0.15, 0.2) is 69.3 Å². The Bertz CT molecular complexity index is 853. The Morgan fingerprint density at radius 3 is 2.65 bits per heavy atom. The van der Waals surface area contributed by atoms with Gasteiger partial charge >= 0.3 is 0 Å². The van der Waals surface area contributed by atoms with Gasteiger partial charge in [0.25, 0.3) is 0 Å². The summed E-state index contributed by atoms with van der Waals surface area (Å²) in [5.74, 6) is -0.469. The lowest BCUT2D eigenvalue weighted by Crippen LogP contribution is -2.28. The Kier molecular flexibility index (Phi) is 6.19. The zero-order valence-electron chi connectivity index (χ0n) is 13.6. The number of carbonyl (C=O) groups is 2. The molecule has 2 N–H and O–H groups in total. The average molecular weight is 431 g/mol. The SMILES string of the molecule is O=C(C[C@@H]1S/C(=N/N=C/c2ccccc2)NC1=O)Nc1ccc(Br)cc1. The van der Waals surface area contributed by atoms with E-state index in [0.29, 0.717) is 10.9 Å². The lowest BCUT2D eigenvalue weighted by Gasteiger charge is -2.07. The maximum atomic E-state index is 12.1. The third kappa shape index (κ3) is 5.27. The average Bonchev–Trinajstić information content (AvgIpc) is 2.97. The molecule has 132 valence electrons. The van der Waals surface area contributed by atoms with Crippen LogP contribution in [0.5, 0.6) is 0 Å². The maximum absolute atomic E-state index is 12.1. The molecule has 0 bridgehead atoms. The quantitative estimate of drug-likeness (QED) is 0.563. The van der Waals surface area contributed by atoms with E-state index in [1.54, 1.807) is 18.3 Å². The van der Waals surface area contributed by atoms with E-state index in [-0.39, 0.29) is 18.2 Å². The van der Waals surface area contributed by atoms with Gasteiger partial charge in [-0.05, 0) is 29.8 Å². The number of amides is 2. The molecule has 0 spiro atoms. The maximum Gasteiger partial charge on any atom is 0.240 e. The summed E-state index contributed by atoms with van der Waals surface area (Å²) < 4.78 is 0.929. The van der Waals surface area contributed by atoms with E-state index in [1.165, 1.54) is 11.8 Å². The van der Waals surface area contributed by atoms with Crippen LogP contribution in [0.2, 0.25) is 0 Å². The monoisotopic (exact) mass is 430 g/mol. The van der Waals surface area contributed by atoms with Gasteiger partial charge in [0, 0.05) is 16.6 Å². The molecule has 1 aliphatic heterocycles. The molecule has 0 aliphatic carbocycles. The number of amidine groups is 1. The van der Waals surface area contributed by atoms with Crippen molar-refractivity contribution in [3.05, 3.63) is 64.6 Å². The Hall–Kier alpha value is -2.45. The lowest BCUT2D eigenvalue weighted by molar-refractivity contribution is -0.122. The first-order chi connectivity index (χ1) is 12.6. The third-order valence-electron chi connectivity index (χ3n) is 3.43. The van der Waals surface area contributed by atoms with E-state index < -0.39 is 5.25 Å². The molecular weight excluding hydrogens is 416 g/mol. The van der Waals surface area contributed by atoms with Crippen LogP contribution in [0.1, 0.15) is 12.0 Å². The van der Waals surface area contributed by atoms with E-state index in [0.717, 1.165) is 10.0 Å². The number of thioether (sulfide) groups is 1. The van der Waals surface area contributed by atoms with Crippen LogP contribution in [-0.4, -0.2) is 28.4 Å². The number of carbonyl (C=O) groups excluding carboxylic acids is 2. The van der Waals surface area contributed by atoms with Crippen molar-refractivity contribution in [2.24, 2.45) is 10.2 Å². The molecule has 1 heterocycles. The number of hydrogen-bond donors (Lipinski definition) is 2. The molecule has 0 radical (unpaired) electrons. The normalized spacial score (nSPS) is 18.3. The summed E-state index contributed by atoms with van der Waals surface area (Å²) in [4.78, 5) is 24.1. The minimum atomic E-state index is -0.517. The van der Waals surface area contributed by atoms with Crippen molar-refractivity contribution in [3.8, 4) is 0 Å². The lowest BCUT2D eigenvalue weighted by atomic mass is 10.2. The molecule has 1 fully saturated rings. The van der Waals surface area contributed by atoms with Crippen molar-refractivity contribution in [3.63, 3.8) is 0 Å². The van der Waals surface area contributed by atoms with Crippen LogP contribution in [0.3, 0.4) is 0 Å². The Morgan fingerprint density at radius 1 is 1.19 bits per heavy atom. The number of halogens is 1. The molecule has 0 unspecified atom stereocenters. The first kappa shape index (κ1) is 18.3. The standard InChI is InChI=1S/C18H15BrN4O2S/c19-13-6-8-14(9-7-13)21-16(24)10-15-17(25)22-18(26-15)23-20-11-12-4-2-1-3-5-12/h1-9,11,15H,10H2,(H,21,24)(H,22,23,25)/b20-11+/t15-/m0/s1. The molecule has 2 aromatic rings. The summed E-state index contributed by atoms with van der Waals surface area (Å²) in [6, 6.07) is 16.8. The van der Waals surface area contributed by atoms with Crippen LogP contribution in [0, 0.1) is 0 Å². The summed E-state index contributed by atoms with van der Waals surface area (Å²) in [7, 11) is 0. The van der Waals surface area contributed by atoms with Gasteiger partial charge in [-0.3, -0.25) is 9.59 Å². The summed E-state index contributed by atoms with van der Waals surface area (Å²) in [5, 5.41) is 13.3. The molecule has 2 aromatic carbocycles. The minimum Gasteiger partial charge on any atom is -0.326 e. The molecular formula is C18H15BrN4O2S. The van der Waals surface area contributed by atoms with Crippen LogP contribution < -0.4 is 10.6 Å². The molecule has 8 heteroatoms. The smallest absolute Gasteiger partial charge is 0.240 e.